The lowest BCUT2D eigenvalue weighted by Crippen LogP contribution is -2.37. The third-order valence-electron chi connectivity index (χ3n) is 4.91. The summed E-state index contributed by atoms with van der Waals surface area (Å²) >= 11 is 0. The number of nitrogens with one attached hydrogen (secondary N) is 2. The molecule has 29 heavy (non-hydrogen) atoms. The van der Waals surface area contributed by atoms with E-state index in [1.54, 1.807) is 24.3 Å². The Kier molecular flexibility index (Phi) is 4.50. The van der Waals surface area contributed by atoms with Crippen LogP contribution >= 0.6 is 0 Å². The summed E-state index contributed by atoms with van der Waals surface area (Å²) in [5.41, 5.74) is 0.608. The molecule has 0 saturated heterocycles. The molecule has 0 atom stereocenters. The van der Waals surface area contributed by atoms with Crippen molar-refractivity contribution in [2.45, 2.75) is 12.8 Å². The second kappa shape index (κ2) is 7.01. The number of benzene rings is 1. The minimum Gasteiger partial charge on any atom is -0.326 e. The van der Waals surface area contributed by atoms with Crippen LogP contribution < -0.4 is 21.9 Å². The summed E-state index contributed by atoms with van der Waals surface area (Å²) in [5.74, 6) is -0.313. The first-order valence-corrected chi connectivity index (χ1v) is 9.13. The number of aromatic nitrogens is 3. The highest BCUT2D eigenvalue weighted by Gasteiger charge is 2.29. The van der Waals surface area contributed by atoms with Gasteiger partial charge in [0.15, 0.2) is 0 Å². The normalized spacial score (nSPS) is 13.3. The molecule has 2 heterocycles. The number of pyridine rings is 1. The van der Waals surface area contributed by atoms with Crippen LogP contribution in [0, 0.1) is 5.92 Å². The van der Waals surface area contributed by atoms with Crippen LogP contribution in [0.2, 0.25) is 0 Å². The quantitative estimate of drug-likeness (QED) is 0.692. The van der Waals surface area contributed by atoms with Gasteiger partial charge in [0.25, 0.3) is 11.5 Å². The Morgan fingerprint density at radius 3 is 2.24 bits per heavy atom. The van der Waals surface area contributed by atoms with Gasteiger partial charge in [-0.1, -0.05) is 0 Å². The maximum absolute atomic E-state index is 12.6. The molecule has 148 valence electrons. The molecule has 2 aromatic heterocycles. The number of anilines is 2. The molecule has 0 radical (unpaired) electrons. The minimum absolute atomic E-state index is 0.0139. The third-order valence-corrected chi connectivity index (χ3v) is 4.91. The molecule has 0 bridgehead atoms. The van der Waals surface area contributed by atoms with Gasteiger partial charge in [-0.05, 0) is 43.2 Å². The van der Waals surface area contributed by atoms with Gasteiger partial charge in [-0.25, -0.2) is 9.78 Å². The van der Waals surface area contributed by atoms with Crippen molar-refractivity contribution in [3.63, 3.8) is 0 Å². The van der Waals surface area contributed by atoms with Crippen LogP contribution in [-0.4, -0.2) is 25.9 Å². The smallest absolute Gasteiger partial charge is 0.326 e. The van der Waals surface area contributed by atoms with Gasteiger partial charge in [-0.3, -0.25) is 23.5 Å². The molecule has 2 amide bonds. The summed E-state index contributed by atoms with van der Waals surface area (Å²) in [6.45, 7) is 0. The molecule has 1 fully saturated rings. The zero-order valence-electron chi connectivity index (χ0n) is 15.9. The van der Waals surface area contributed by atoms with Crippen molar-refractivity contribution in [1.29, 1.82) is 0 Å². The Balaban J connectivity index is 1.55. The van der Waals surface area contributed by atoms with E-state index in [1.165, 1.54) is 30.9 Å². The number of nitrogens with zero attached hydrogens (tertiary/aromatic N) is 3. The van der Waals surface area contributed by atoms with Crippen molar-refractivity contribution in [1.82, 2.24) is 14.1 Å². The van der Waals surface area contributed by atoms with Gasteiger partial charge in [0, 0.05) is 37.6 Å². The summed E-state index contributed by atoms with van der Waals surface area (Å²) in [7, 11) is 2.89. The molecule has 1 aromatic carbocycles. The van der Waals surface area contributed by atoms with Crippen LogP contribution in [0.4, 0.5) is 11.4 Å². The highest BCUT2D eigenvalue weighted by molar-refractivity contribution is 6.05. The van der Waals surface area contributed by atoms with E-state index in [0.29, 0.717) is 11.4 Å². The second-order valence-corrected chi connectivity index (χ2v) is 7.10. The number of fused-ring (bicyclic) bond motifs is 1. The predicted octanol–water partition coefficient (Wildman–Crippen LogP) is 1.23. The molecule has 9 heteroatoms. The minimum atomic E-state index is -0.513. The molecular weight excluding hydrogens is 374 g/mol. The van der Waals surface area contributed by atoms with Gasteiger partial charge < -0.3 is 10.6 Å². The summed E-state index contributed by atoms with van der Waals surface area (Å²) < 4.78 is 2.23. The van der Waals surface area contributed by atoms with Crippen LogP contribution in [0.3, 0.4) is 0 Å². The molecule has 4 rings (SSSR count). The van der Waals surface area contributed by atoms with Gasteiger partial charge in [0.1, 0.15) is 5.65 Å². The number of carbonyl (C=O) groups excluding carboxylic acids is 2. The fourth-order valence-corrected chi connectivity index (χ4v) is 3.02. The van der Waals surface area contributed by atoms with E-state index in [4.69, 9.17) is 0 Å². The lowest BCUT2D eigenvalue weighted by atomic mass is 10.2. The number of hydrogen-bond donors (Lipinski definition) is 2. The largest absolute Gasteiger partial charge is 0.332 e. The summed E-state index contributed by atoms with van der Waals surface area (Å²) in [6, 6.07) is 8.19. The van der Waals surface area contributed by atoms with Crippen LogP contribution in [0.15, 0.2) is 46.1 Å². The number of amides is 2. The van der Waals surface area contributed by atoms with Gasteiger partial charge in [-0.15, -0.1) is 0 Å². The van der Waals surface area contributed by atoms with Gasteiger partial charge in [0.05, 0.1) is 10.9 Å². The highest BCUT2D eigenvalue weighted by atomic mass is 16.2. The van der Waals surface area contributed by atoms with Crippen molar-refractivity contribution >= 4 is 34.2 Å². The molecule has 1 saturated carbocycles. The second-order valence-electron chi connectivity index (χ2n) is 7.10. The van der Waals surface area contributed by atoms with E-state index in [9.17, 15) is 19.2 Å². The molecule has 9 nitrogen and oxygen atoms in total. The maximum atomic E-state index is 12.6. The standard InChI is InChI=1S/C20H19N5O4/c1-24-16-15(19(28)25(2)20(24)29)9-12(10-21-16)18(27)23-14-7-5-13(6-8-14)22-17(26)11-3-4-11/h5-11H,3-4H2,1-2H3,(H,22,26)(H,23,27). The molecule has 0 spiro atoms. The van der Waals surface area contributed by atoms with E-state index in [-0.39, 0.29) is 28.4 Å². The Morgan fingerprint density at radius 1 is 1.00 bits per heavy atom. The lowest BCUT2D eigenvalue weighted by Gasteiger charge is -2.09. The highest BCUT2D eigenvalue weighted by Crippen LogP contribution is 2.30. The molecule has 1 aliphatic rings. The average molecular weight is 393 g/mol. The van der Waals surface area contributed by atoms with E-state index in [0.717, 1.165) is 17.4 Å². The van der Waals surface area contributed by atoms with Crippen LogP contribution in [0.25, 0.3) is 11.0 Å². The molecule has 0 aliphatic heterocycles. The molecular formula is C20H19N5O4. The van der Waals surface area contributed by atoms with Crippen molar-refractivity contribution in [2.24, 2.45) is 20.0 Å². The van der Waals surface area contributed by atoms with E-state index in [2.05, 4.69) is 15.6 Å². The van der Waals surface area contributed by atoms with E-state index in [1.807, 2.05) is 0 Å². The van der Waals surface area contributed by atoms with Crippen molar-refractivity contribution in [3.8, 4) is 0 Å². The molecule has 0 unspecified atom stereocenters. The number of aryl methyl sites for hydroxylation is 1. The zero-order chi connectivity index (χ0) is 20.7. The monoisotopic (exact) mass is 393 g/mol. The van der Waals surface area contributed by atoms with Gasteiger partial charge in [0.2, 0.25) is 5.91 Å². The number of hydrogen-bond acceptors (Lipinski definition) is 5. The van der Waals surface area contributed by atoms with Gasteiger partial charge in [-0.2, -0.15) is 0 Å². The maximum Gasteiger partial charge on any atom is 0.332 e. The molecule has 3 aromatic rings. The van der Waals surface area contributed by atoms with Crippen LogP contribution in [0.1, 0.15) is 23.2 Å². The average Bonchev–Trinajstić information content (AvgIpc) is 3.57. The topological polar surface area (TPSA) is 115 Å². The first kappa shape index (κ1) is 18.6. The Hall–Kier alpha value is -3.75. The lowest BCUT2D eigenvalue weighted by molar-refractivity contribution is -0.117. The predicted molar refractivity (Wildman–Crippen MR) is 108 cm³/mol. The van der Waals surface area contributed by atoms with Crippen LogP contribution in [0.5, 0.6) is 0 Å². The first-order valence-electron chi connectivity index (χ1n) is 9.13. The van der Waals surface area contributed by atoms with Gasteiger partial charge >= 0.3 is 5.69 Å². The first-order chi connectivity index (χ1) is 13.8. The SMILES string of the molecule is Cn1c(=O)c2cc(C(=O)Nc3ccc(NC(=O)C4CC4)cc3)cnc2n(C)c1=O. The molecule has 1 aliphatic carbocycles. The number of rotatable bonds is 4. The fraction of sp³-hybridized carbons (Fsp3) is 0.250. The summed E-state index contributed by atoms with van der Waals surface area (Å²) in [6.07, 6.45) is 3.18. The Bertz CT molecular complexity index is 1250. The van der Waals surface area contributed by atoms with E-state index >= 15 is 0 Å². The zero-order valence-corrected chi connectivity index (χ0v) is 15.9. The Labute approximate surface area is 165 Å². The van der Waals surface area contributed by atoms with E-state index < -0.39 is 17.2 Å². The van der Waals surface area contributed by atoms with Crippen molar-refractivity contribution < 1.29 is 9.59 Å². The van der Waals surface area contributed by atoms with Crippen LogP contribution in [-0.2, 0) is 18.9 Å². The van der Waals surface area contributed by atoms with Crippen molar-refractivity contribution in [3.05, 3.63) is 62.9 Å². The summed E-state index contributed by atoms with van der Waals surface area (Å²) in [5, 5.41) is 5.74. The summed E-state index contributed by atoms with van der Waals surface area (Å²) in [4.78, 5) is 52.8. The third kappa shape index (κ3) is 3.54. The number of carbonyl (C=O) groups is 2. The Morgan fingerprint density at radius 2 is 1.62 bits per heavy atom. The molecule has 2 N–H and O–H groups in total. The fourth-order valence-electron chi connectivity index (χ4n) is 3.02. The van der Waals surface area contributed by atoms with Crippen molar-refractivity contribution in [2.75, 3.05) is 10.6 Å².